The molecule has 0 spiro atoms. The molecule has 0 saturated heterocycles. The third-order valence-electron chi connectivity index (χ3n) is 4.95. The smallest absolute Gasteiger partial charge is 0.267 e. The Morgan fingerprint density at radius 1 is 0.680 bits per heavy atom. The molecule has 2 unspecified atom stereocenters. The topological polar surface area (TPSA) is 74.6 Å². The fourth-order valence-electron chi connectivity index (χ4n) is 3.29. The number of aliphatic hydroxyl groups is 1. The second-order valence-corrected chi connectivity index (χ2v) is 9.29. The molecule has 0 aliphatic carbocycles. The van der Waals surface area contributed by atoms with Gasteiger partial charge < -0.3 is 5.11 Å². The van der Waals surface area contributed by atoms with Crippen LogP contribution in [0.15, 0.2) is 0 Å². The third-order valence-corrected chi connectivity index (χ3v) is 6.26. The standard InChI is InChI=1S/C20H42O4S/c1-3-4-5-6-7-8-9-10-11-14-17-20(25(22,23)24)18-15-12-13-16-19(2)21/h19-21H,3-18H2,1-2H3,(H,22,23,24). The highest BCUT2D eigenvalue weighted by molar-refractivity contribution is 7.86. The fraction of sp³-hybridized carbons (Fsp3) is 1.00. The molecule has 0 aromatic heterocycles. The van der Waals surface area contributed by atoms with Gasteiger partial charge in [0.05, 0.1) is 11.4 Å². The van der Waals surface area contributed by atoms with Crippen molar-refractivity contribution in [2.45, 2.75) is 128 Å². The Morgan fingerprint density at radius 3 is 1.44 bits per heavy atom. The molecule has 2 atom stereocenters. The maximum absolute atomic E-state index is 11.5. The van der Waals surface area contributed by atoms with Crippen LogP contribution in [0.3, 0.4) is 0 Å². The molecule has 0 saturated carbocycles. The first-order chi connectivity index (χ1) is 11.9. The third kappa shape index (κ3) is 17.1. The van der Waals surface area contributed by atoms with Crippen molar-refractivity contribution in [3.8, 4) is 0 Å². The molecular formula is C20H42O4S. The Hall–Kier alpha value is -0.130. The summed E-state index contributed by atoms with van der Waals surface area (Å²) in [5.74, 6) is 0. The molecule has 0 aromatic rings. The van der Waals surface area contributed by atoms with Crippen molar-refractivity contribution >= 4 is 10.1 Å². The van der Waals surface area contributed by atoms with E-state index in [9.17, 15) is 18.1 Å². The first kappa shape index (κ1) is 24.9. The van der Waals surface area contributed by atoms with Gasteiger partial charge in [0.15, 0.2) is 0 Å². The summed E-state index contributed by atoms with van der Waals surface area (Å²) in [7, 11) is -3.93. The highest BCUT2D eigenvalue weighted by atomic mass is 32.2. The number of aliphatic hydroxyl groups excluding tert-OH is 1. The van der Waals surface area contributed by atoms with E-state index in [1.54, 1.807) is 6.92 Å². The van der Waals surface area contributed by atoms with Gasteiger partial charge in [-0.05, 0) is 26.2 Å². The molecule has 0 aromatic carbocycles. The maximum Gasteiger partial charge on any atom is 0.267 e. The van der Waals surface area contributed by atoms with Crippen LogP contribution in [0.5, 0.6) is 0 Å². The monoisotopic (exact) mass is 378 g/mol. The van der Waals surface area contributed by atoms with Crippen molar-refractivity contribution in [2.75, 3.05) is 0 Å². The molecule has 2 N–H and O–H groups in total. The second-order valence-electron chi connectivity index (χ2n) is 7.59. The zero-order chi connectivity index (χ0) is 19.0. The van der Waals surface area contributed by atoms with Crippen LogP contribution in [0.1, 0.15) is 117 Å². The summed E-state index contributed by atoms with van der Waals surface area (Å²) >= 11 is 0. The lowest BCUT2D eigenvalue weighted by Gasteiger charge is -2.14. The van der Waals surface area contributed by atoms with Crippen molar-refractivity contribution in [3.05, 3.63) is 0 Å². The van der Waals surface area contributed by atoms with E-state index >= 15 is 0 Å². The molecule has 0 bridgehead atoms. The lowest BCUT2D eigenvalue weighted by molar-refractivity contribution is 0.180. The van der Waals surface area contributed by atoms with E-state index in [4.69, 9.17) is 0 Å². The highest BCUT2D eigenvalue weighted by Crippen LogP contribution is 2.19. The number of unbranched alkanes of at least 4 members (excludes halogenated alkanes) is 11. The largest absolute Gasteiger partial charge is 0.393 e. The van der Waals surface area contributed by atoms with E-state index in [-0.39, 0.29) is 6.10 Å². The van der Waals surface area contributed by atoms with Crippen LogP contribution in [0, 0.1) is 0 Å². The Morgan fingerprint density at radius 2 is 1.04 bits per heavy atom. The van der Waals surface area contributed by atoms with E-state index < -0.39 is 15.4 Å². The molecule has 25 heavy (non-hydrogen) atoms. The molecule has 152 valence electrons. The lowest BCUT2D eigenvalue weighted by atomic mass is 10.0. The zero-order valence-corrected chi connectivity index (χ0v) is 17.4. The van der Waals surface area contributed by atoms with Gasteiger partial charge in [-0.15, -0.1) is 0 Å². The first-order valence-electron chi connectivity index (χ1n) is 10.5. The van der Waals surface area contributed by atoms with Crippen molar-refractivity contribution in [3.63, 3.8) is 0 Å². The SMILES string of the molecule is CCCCCCCCCCCCC(CCCCCC(C)O)S(=O)(=O)O. The number of hydrogen-bond acceptors (Lipinski definition) is 3. The van der Waals surface area contributed by atoms with Crippen molar-refractivity contribution < 1.29 is 18.1 Å². The fourth-order valence-corrected chi connectivity index (χ4v) is 4.22. The Kier molecular flexibility index (Phi) is 16.0. The van der Waals surface area contributed by atoms with Gasteiger partial charge in [-0.2, -0.15) is 8.42 Å². The summed E-state index contributed by atoms with van der Waals surface area (Å²) in [6.45, 7) is 4.00. The highest BCUT2D eigenvalue weighted by Gasteiger charge is 2.21. The molecule has 0 radical (unpaired) electrons. The molecule has 0 rings (SSSR count). The van der Waals surface area contributed by atoms with E-state index in [2.05, 4.69) is 6.92 Å². The van der Waals surface area contributed by atoms with Gasteiger partial charge in [-0.3, -0.25) is 4.55 Å². The molecule has 0 amide bonds. The van der Waals surface area contributed by atoms with Crippen molar-refractivity contribution in [2.24, 2.45) is 0 Å². The van der Waals surface area contributed by atoms with Crippen molar-refractivity contribution in [1.82, 2.24) is 0 Å². The molecular weight excluding hydrogens is 336 g/mol. The molecule has 0 heterocycles. The Bertz CT molecular complexity index is 379. The van der Waals surface area contributed by atoms with Crippen LogP contribution in [0.4, 0.5) is 0 Å². The average Bonchev–Trinajstić information content (AvgIpc) is 2.53. The van der Waals surface area contributed by atoms with Gasteiger partial charge in [0, 0.05) is 0 Å². The first-order valence-corrected chi connectivity index (χ1v) is 12.0. The maximum atomic E-state index is 11.5. The molecule has 0 fully saturated rings. The minimum absolute atomic E-state index is 0.288. The van der Waals surface area contributed by atoms with E-state index in [0.29, 0.717) is 12.8 Å². The number of hydrogen-bond donors (Lipinski definition) is 2. The Labute approximate surface area is 156 Å². The quantitative estimate of drug-likeness (QED) is 0.230. The predicted molar refractivity (Wildman–Crippen MR) is 107 cm³/mol. The summed E-state index contributed by atoms with van der Waals surface area (Å²) in [6, 6.07) is 0. The summed E-state index contributed by atoms with van der Waals surface area (Å²) in [4.78, 5) is 0. The van der Waals surface area contributed by atoms with Gasteiger partial charge in [0.25, 0.3) is 10.1 Å². The van der Waals surface area contributed by atoms with Crippen LogP contribution in [0.25, 0.3) is 0 Å². The second kappa shape index (κ2) is 16.1. The normalized spacial score (nSPS) is 14.6. The van der Waals surface area contributed by atoms with Crippen LogP contribution >= 0.6 is 0 Å². The summed E-state index contributed by atoms with van der Waals surface area (Å²) in [6.07, 6.45) is 16.5. The summed E-state index contributed by atoms with van der Waals surface area (Å²) in [5, 5.41) is 8.61. The molecule has 5 heteroatoms. The van der Waals surface area contributed by atoms with Gasteiger partial charge >= 0.3 is 0 Å². The van der Waals surface area contributed by atoms with Gasteiger partial charge in [-0.1, -0.05) is 90.4 Å². The van der Waals surface area contributed by atoms with Gasteiger partial charge in [0.2, 0.25) is 0 Å². The van der Waals surface area contributed by atoms with Gasteiger partial charge in [-0.25, -0.2) is 0 Å². The molecule has 4 nitrogen and oxygen atoms in total. The van der Waals surface area contributed by atoms with Crippen molar-refractivity contribution in [1.29, 1.82) is 0 Å². The molecule has 0 aliphatic rings. The summed E-state index contributed by atoms with van der Waals surface area (Å²) < 4.78 is 32.4. The zero-order valence-electron chi connectivity index (χ0n) is 16.6. The van der Waals surface area contributed by atoms with E-state index in [0.717, 1.165) is 38.5 Å². The van der Waals surface area contributed by atoms with E-state index in [1.165, 1.54) is 51.4 Å². The Balaban J connectivity index is 3.70. The van der Waals surface area contributed by atoms with E-state index in [1.807, 2.05) is 0 Å². The summed E-state index contributed by atoms with van der Waals surface area (Å²) in [5.41, 5.74) is 0. The molecule has 0 aliphatic heterocycles. The van der Waals surface area contributed by atoms with Crippen LogP contribution < -0.4 is 0 Å². The van der Waals surface area contributed by atoms with Crippen LogP contribution in [-0.2, 0) is 10.1 Å². The van der Waals surface area contributed by atoms with Gasteiger partial charge in [0.1, 0.15) is 0 Å². The minimum Gasteiger partial charge on any atom is -0.393 e. The average molecular weight is 379 g/mol. The predicted octanol–water partition coefficient (Wildman–Crippen LogP) is 5.89. The minimum atomic E-state index is -3.93. The lowest BCUT2D eigenvalue weighted by Crippen LogP contribution is -2.20. The number of rotatable bonds is 18. The van der Waals surface area contributed by atoms with Crippen LogP contribution in [0.2, 0.25) is 0 Å². The van der Waals surface area contributed by atoms with Crippen LogP contribution in [-0.4, -0.2) is 29.4 Å².